The van der Waals surface area contributed by atoms with Gasteiger partial charge in [0.15, 0.2) is 9.84 Å². The molecule has 2 fully saturated rings. The Labute approximate surface area is 176 Å². The molecule has 1 aliphatic carbocycles. The van der Waals surface area contributed by atoms with Crippen LogP contribution in [0, 0.1) is 0 Å². The van der Waals surface area contributed by atoms with E-state index in [1.54, 1.807) is 18.9 Å². The van der Waals surface area contributed by atoms with E-state index < -0.39 is 25.9 Å². The van der Waals surface area contributed by atoms with Gasteiger partial charge in [-0.05, 0) is 37.1 Å². The van der Waals surface area contributed by atoms with E-state index >= 15 is 0 Å². The van der Waals surface area contributed by atoms with Crippen LogP contribution < -0.4 is 4.74 Å². The first-order chi connectivity index (χ1) is 13.7. The minimum absolute atomic E-state index is 0.00904. The van der Waals surface area contributed by atoms with E-state index in [1.807, 2.05) is 0 Å². The molecule has 0 bridgehead atoms. The quantitative estimate of drug-likeness (QED) is 0.543. The second kappa shape index (κ2) is 8.83. The van der Waals surface area contributed by atoms with Crippen LogP contribution in [-0.2, 0) is 24.7 Å². The number of hydrogen-bond donors (Lipinski definition) is 0. The van der Waals surface area contributed by atoms with Crippen molar-refractivity contribution >= 4 is 37.5 Å². The summed E-state index contributed by atoms with van der Waals surface area (Å²) in [6.07, 6.45) is 1.94. The number of ether oxygens (including phenoxy) is 1. The molecule has 3 rings (SSSR count). The maximum Gasteiger partial charge on any atom is 0.244 e. The van der Waals surface area contributed by atoms with Gasteiger partial charge in [-0.3, -0.25) is 4.79 Å². The van der Waals surface area contributed by atoms with E-state index in [1.165, 1.54) is 40.3 Å². The molecule has 1 atom stereocenters. The molecule has 2 aliphatic rings. The van der Waals surface area contributed by atoms with E-state index in [4.69, 9.17) is 4.74 Å². The number of rotatable bonds is 9. The fourth-order valence-corrected chi connectivity index (χ4v) is 6.77. The van der Waals surface area contributed by atoms with Crippen LogP contribution in [0.25, 0.3) is 0 Å². The highest BCUT2D eigenvalue weighted by molar-refractivity contribution is 8.00. The van der Waals surface area contributed by atoms with Crippen LogP contribution in [-0.4, -0.2) is 80.8 Å². The van der Waals surface area contributed by atoms with Crippen LogP contribution in [0.4, 0.5) is 0 Å². The average molecular weight is 463 g/mol. The largest absolute Gasteiger partial charge is 0.493 e. The van der Waals surface area contributed by atoms with Gasteiger partial charge >= 0.3 is 0 Å². The number of amides is 1. The van der Waals surface area contributed by atoms with Gasteiger partial charge < -0.3 is 9.64 Å². The molecule has 0 N–H and O–H groups in total. The van der Waals surface area contributed by atoms with Crippen molar-refractivity contribution < 1.29 is 26.4 Å². The topological polar surface area (TPSA) is 101 Å². The van der Waals surface area contributed by atoms with Gasteiger partial charge in [-0.25, -0.2) is 16.8 Å². The summed E-state index contributed by atoms with van der Waals surface area (Å²) >= 11 is 1.43. The van der Waals surface area contributed by atoms with Crippen LogP contribution in [0.3, 0.4) is 0 Å². The first-order valence-corrected chi connectivity index (χ1v) is 13.9. The van der Waals surface area contributed by atoms with Gasteiger partial charge in [0.2, 0.25) is 15.9 Å². The highest BCUT2D eigenvalue weighted by atomic mass is 32.2. The van der Waals surface area contributed by atoms with Gasteiger partial charge in [0.05, 0.1) is 16.5 Å². The van der Waals surface area contributed by atoms with E-state index in [2.05, 4.69) is 0 Å². The van der Waals surface area contributed by atoms with Crippen LogP contribution >= 0.6 is 11.8 Å². The van der Waals surface area contributed by atoms with Crippen molar-refractivity contribution in [1.29, 1.82) is 0 Å². The Hall–Kier alpha value is -1.30. The summed E-state index contributed by atoms with van der Waals surface area (Å²) in [6.45, 7) is 1.58. The first kappa shape index (κ1) is 22.4. The predicted octanol–water partition coefficient (Wildman–Crippen LogP) is 1.18. The SMILES string of the molecule is CCS(=O)(=O)CCOc1ccc(S(=O)(=O)N2CSCC2C(=O)N(C)C2CC2)cc1. The monoisotopic (exact) mass is 462 g/mol. The molecular weight excluding hydrogens is 436 g/mol. The number of sulfone groups is 1. The summed E-state index contributed by atoms with van der Waals surface area (Å²) in [5.41, 5.74) is 0. The zero-order valence-corrected chi connectivity index (χ0v) is 18.9. The molecule has 1 heterocycles. The van der Waals surface area contributed by atoms with E-state index in [9.17, 15) is 21.6 Å². The van der Waals surface area contributed by atoms with Crippen LogP contribution in [0.2, 0.25) is 0 Å². The summed E-state index contributed by atoms with van der Waals surface area (Å²) in [5.74, 6) is 0.890. The number of likely N-dealkylation sites (N-methyl/N-ethyl adjacent to an activating group) is 1. The van der Waals surface area contributed by atoms with Crippen molar-refractivity contribution in [2.24, 2.45) is 0 Å². The summed E-state index contributed by atoms with van der Waals surface area (Å²) < 4.78 is 55.8. The van der Waals surface area contributed by atoms with Crippen molar-refractivity contribution in [1.82, 2.24) is 9.21 Å². The van der Waals surface area contributed by atoms with Crippen molar-refractivity contribution in [3.05, 3.63) is 24.3 Å². The molecule has 0 spiro atoms. The second-order valence-electron chi connectivity index (χ2n) is 7.14. The number of thioether (sulfide) groups is 1. The molecule has 0 radical (unpaired) electrons. The third-order valence-corrected chi connectivity index (χ3v) is 9.82. The Morgan fingerprint density at radius 3 is 2.45 bits per heavy atom. The van der Waals surface area contributed by atoms with Crippen molar-refractivity contribution in [3.8, 4) is 5.75 Å². The molecule has 0 aromatic heterocycles. The maximum atomic E-state index is 13.1. The fraction of sp³-hybridized carbons (Fsp3) is 0.611. The molecule has 1 saturated carbocycles. The molecule has 1 aliphatic heterocycles. The smallest absolute Gasteiger partial charge is 0.244 e. The average Bonchev–Trinajstić information content (AvgIpc) is 3.42. The Kier molecular flexibility index (Phi) is 6.81. The summed E-state index contributed by atoms with van der Waals surface area (Å²) in [7, 11) is -5.21. The molecule has 11 heteroatoms. The highest BCUT2D eigenvalue weighted by Gasteiger charge is 2.43. The maximum absolute atomic E-state index is 13.1. The lowest BCUT2D eigenvalue weighted by Gasteiger charge is -2.26. The van der Waals surface area contributed by atoms with Gasteiger partial charge in [-0.2, -0.15) is 4.31 Å². The van der Waals surface area contributed by atoms with Crippen molar-refractivity contribution in [2.45, 2.75) is 36.7 Å². The Morgan fingerprint density at radius 2 is 1.86 bits per heavy atom. The summed E-state index contributed by atoms with van der Waals surface area (Å²) in [6, 6.07) is 5.39. The molecule has 8 nitrogen and oxygen atoms in total. The summed E-state index contributed by atoms with van der Waals surface area (Å²) in [4.78, 5) is 14.5. The van der Waals surface area contributed by atoms with Gasteiger partial charge in [0.1, 0.15) is 18.4 Å². The molecule has 1 aromatic rings. The minimum atomic E-state index is -3.82. The van der Waals surface area contributed by atoms with E-state index in [0.29, 0.717) is 11.5 Å². The van der Waals surface area contributed by atoms with E-state index in [-0.39, 0.29) is 40.8 Å². The number of sulfonamides is 1. The standard InChI is InChI=1S/C18H26N2O6S3/c1-3-28(22,23)11-10-26-15-6-8-16(9-7-15)29(24,25)20-13-27-12-17(20)18(21)19(2)14-4-5-14/h6-9,14,17H,3-5,10-13H2,1-2H3. The molecular formula is C18H26N2O6S3. The molecule has 1 aromatic carbocycles. The Morgan fingerprint density at radius 1 is 1.21 bits per heavy atom. The van der Waals surface area contributed by atoms with Crippen LogP contribution in [0.1, 0.15) is 19.8 Å². The van der Waals surface area contributed by atoms with Gasteiger partial charge in [-0.1, -0.05) is 6.92 Å². The molecule has 1 unspecified atom stereocenters. The zero-order valence-electron chi connectivity index (χ0n) is 16.5. The van der Waals surface area contributed by atoms with Gasteiger partial charge in [0, 0.05) is 24.6 Å². The summed E-state index contributed by atoms with van der Waals surface area (Å²) in [5, 5.41) is 0. The molecule has 162 valence electrons. The third kappa shape index (κ3) is 5.25. The highest BCUT2D eigenvalue weighted by Crippen LogP contribution is 2.32. The van der Waals surface area contributed by atoms with E-state index in [0.717, 1.165) is 12.8 Å². The number of hydrogen-bond acceptors (Lipinski definition) is 7. The lowest BCUT2D eigenvalue weighted by molar-refractivity contribution is -0.133. The lowest BCUT2D eigenvalue weighted by atomic mass is 10.3. The number of carbonyl (C=O) groups excluding carboxylic acids is 1. The Balaban J connectivity index is 1.67. The Bertz CT molecular complexity index is 942. The van der Waals surface area contributed by atoms with Crippen molar-refractivity contribution in [3.63, 3.8) is 0 Å². The number of nitrogens with zero attached hydrogens (tertiary/aromatic N) is 2. The van der Waals surface area contributed by atoms with Crippen LogP contribution in [0.15, 0.2) is 29.2 Å². The molecule has 29 heavy (non-hydrogen) atoms. The predicted molar refractivity (Wildman–Crippen MR) is 112 cm³/mol. The molecule has 1 saturated heterocycles. The van der Waals surface area contributed by atoms with Crippen LogP contribution in [0.5, 0.6) is 5.75 Å². The minimum Gasteiger partial charge on any atom is -0.493 e. The van der Waals surface area contributed by atoms with Gasteiger partial charge in [0.25, 0.3) is 0 Å². The third-order valence-electron chi connectivity index (χ3n) is 5.10. The first-order valence-electron chi connectivity index (χ1n) is 9.45. The van der Waals surface area contributed by atoms with Gasteiger partial charge in [-0.15, -0.1) is 11.8 Å². The van der Waals surface area contributed by atoms with Crippen molar-refractivity contribution in [2.75, 3.05) is 36.8 Å². The number of benzene rings is 1. The number of carbonyl (C=O) groups is 1. The zero-order chi connectivity index (χ0) is 21.2. The second-order valence-corrected chi connectivity index (χ2v) is 12.5. The normalized spacial score (nSPS) is 20.6. The fourth-order valence-electron chi connectivity index (χ4n) is 3.01. The lowest BCUT2D eigenvalue weighted by Crippen LogP contribution is -2.48. The molecule has 1 amide bonds.